The molecule has 0 radical (unpaired) electrons. The molecule has 0 aromatic heterocycles. The summed E-state index contributed by atoms with van der Waals surface area (Å²) in [6.07, 6.45) is 4.89. The van der Waals surface area contributed by atoms with Crippen molar-refractivity contribution in [3.8, 4) is 0 Å². The molecule has 2 saturated heterocycles. The first-order valence-corrected chi connectivity index (χ1v) is 7.95. The first kappa shape index (κ1) is 14.8. The van der Waals surface area contributed by atoms with Gasteiger partial charge in [0, 0.05) is 19.6 Å². The summed E-state index contributed by atoms with van der Waals surface area (Å²) >= 11 is 0. The van der Waals surface area contributed by atoms with Crippen molar-refractivity contribution in [1.29, 1.82) is 0 Å². The zero-order valence-corrected chi connectivity index (χ0v) is 12.5. The van der Waals surface area contributed by atoms with Crippen molar-refractivity contribution >= 4 is 5.91 Å². The van der Waals surface area contributed by atoms with Crippen molar-refractivity contribution in [2.45, 2.75) is 45.6 Å². The van der Waals surface area contributed by atoms with Crippen LogP contribution < -0.4 is 5.32 Å². The molecule has 4 heteroatoms. The van der Waals surface area contributed by atoms with Crippen LogP contribution in [0, 0.1) is 5.92 Å². The third-order valence-electron chi connectivity index (χ3n) is 4.57. The van der Waals surface area contributed by atoms with E-state index in [1.54, 1.807) is 0 Å². The third kappa shape index (κ3) is 4.18. The first-order chi connectivity index (χ1) is 9.20. The van der Waals surface area contributed by atoms with Gasteiger partial charge in [-0.15, -0.1) is 0 Å². The van der Waals surface area contributed by atoms with Gasteiger partial charge >= 0.3 is 0 Å². The Morgan fingerprint density at radius 1 is 1.26 bits per heavy atom. The Labute approximate surface area is 117 Å². The summed E-state index contributed by atoms with van der Waals surface area (Å²) in [5, 5.41) is 3.45. The second-order valence-corrected chi connectivity index (χ2v) is 6.06. The molecular formula is C15H29N3O. The Morgan fingerprint density at radius 3 is 2.63 bits per heavy atom. The zero-order valence-electron chi connectivity index (χ0n) is 12.5. The quantitative estimate of drug-likeness (QED) is 0.816. The maximum atomic E-state index is 12.3. The lowest BCUT2D eigenvalue weighted by molar-refractivity contribution is -0.133. The molecule has 4 nitrogen and oxygen atoms in total. The third-order valence-corrected chi connectivity index (χ3v) is 4.57. The van der Waals surface area contributed by atoms with Crippen LogP contribution in [0.15, 0.2) is 0 Å². The topological polar surface area (TPSA) is 35.6 Å². The van der Waals surface area contributed by atoms with Crippen LogP contribution in [0.25, 0.3) is 0 Å². The second-order valence-electron chi connectivity index (χ2n) is 6.06. The molecule has 1 N–H and O–H groups in total. The average molecular weight is 267 g/mol. The molecule has 0 bridgehead atoms. The van der Waals surface area contributed by atoms with Gasteiger partial charge < -0.3 is 15.1 Å². The van der Waals surface area contributed by atoms with E-state index in [1.165, 1.54) is 38.8 Å². The largest absolute Gasteiger partial charge is 0.341 e. The van der Waals surface area contributed by atoms with Gasteiger partial charge in [0.25, 0.3) is 0 Å². The highest BCUT2D eigenvalue weighted by atomic mass is 16.2. The van der Waals surface area contributed by atoms with Crippen molar-refractivity contribution < 1.29 is 4.79 Å². The van der Waals surface area contributed by atoms with Crippen LogP contribution in [-0.4, -0.2) is 61.0 Å². The van der Waals surface area contributed by atoms with Gasteiger partial charge in [0.1, 0.15) is 0 Å². The molecule has 2 unspecified atom stereocenters. The average Bonchev–Trinajstić information content (AvgIpc) is 2.93. The molecule has 2 heterocycles. The molecule has 0 aromatic carbocycles. The highest BCUT2D eigenvalue weighted by Gasteiger charge is 2.25. The summed E-state index contributed by atoms with van der Waals surface area (Å²) in [4.78, 5) is 16.8. The van der Waals surface area contributed by atoms with Crippen LogP contribution in [0.2, 0.25) is 0 Å². The Hall–Kier alpha value is -0.610. The molecule has 110 valence electrons. The molecule has 1 amide bonds. The predicted molar refractivity (Wildman–Crippen MR) is 78.1 cm³/mol. The maximum Gasteiger partial charge on any atom is 0.239 e. The number of rotatable bonds is 5. The molecule has 0 saturated carbocycles. The van der Waals surface area contributed by atoms with Gasteiger partial charge in [0.05, 0.1) is 6.04 Å². The zero-order chi connectivity index (χ0) is 13.7. The monoisotopic (exact) mass is 267 g/mol. The van der Waals surface area contributed by atoms with Crippen molar-refractivity contribution in [2.24, 2.45) is 5.92 Å². The van der Waals surface area contributed by atoms with E-state index < -0.39 is 0 Å². The van der Waals surface area contributed by atoms with Gasteiger partial charge in [0.15, 0.2) is 0 Å². The van der Waals surface area contributed by atoms with E-state index in [0.29, 0.717) is 5.91 Å². The fraction of sp³-hybridized carbons (Fsp3) is 0.933. The van der Waals surface area contributed by atoms with Crippen LogP contribution in [0.4, 0.5) is 0 Å². The number of amides is 1. The summed E-state index contributed by atoms with van der Waals surface area (Å²) in [6, 6.07) is -0.0197. The van der Waals surface area contributed by atoms with Crippen LogP contribution in [0.1, 0.15) is 39.5 Å². The Kier molecular flexibility index (Phi) is 5.64. The minimum absolute atomic E-state index is 0.0197. The summed E-state index contributed by atoms with van der Waals surface area (Å²) in [5.74, 6) is 1.02. The molecule has 0 aliphatic carbocycles. The summed E-state index contributed by atoms with van der Waals surface area (Å²) in [5.41, 5.74) is 0. The van der Waals surface area contributed by atoms with Gasteiger partial charge in [-0.1, -0.05) is 6.92 Å². The molecule has 0 aromatic rings. The Bertz CT molecular complexity index is 289. The van der Waals surface area contributed by atoms with Gasteiger partial charge in [0.2, 0.25) is 5.91 Å². The van der Waals surface area contributed by atoms with E-state index in [-0.39, 0.29) is 6.04 Å². The van der Waals surface area contributed by atoms with Gasteiger partial charge in [-0.05, 0) is 58.2 Å². The van der Waals surface area contributed by atoms with E-state index in [0.717, 1.165) is 32.1 Å². The number of nitrogens with zero attached hydrogens (tertiary/aromatic N) is 2. The number of hydrogen-bond donors (Lipinski definition) is 1. The number of nitrogens with one attached hydrogen (secondary N) is 1. The smallest absolute Gasteiger partial charge is 0.239 e. The molecular weight excluding hydrogens is 238 g/mol. The number of piperidine rings is 1. The number of carbonyl (C=O) groups excluding carboxylic acids is 1. The van der Waals surface area contributed by atoms with Crippen molar-refractivity contribution in [2.75, 3.05) is 39.3 Å². The van der Waals surface area contributed by atoms with Crippen molar-refractivity contribution in [3.63, 3.8) is 0 Å². The molecule has 2 fully saturated rings. The first-order valence-electron chi connectivity index (χ1n) is 7.95. The SMILES string of the molecule is CCN1CCC(CNC(C)C(=O)N2CCCCC2)C1. The number of carbonyl (C=O) groups is 1. The van der Waals surface area contributed by atoms with E-state index in [9.17, 15) is 4.79 Å². The molecule has 2 aliphatic heterocycles. The molecule has 2 aliphatic rings. The van der Waals surface area contributed by atoms with Crippen molar-refractivity contribution in [3.05, 3.63) is 0 Å². The fourth-order valence-corrected chi connectivity index (χ4v) is 3.19. The van der Waals surface area contributed by atoms with Gasteiger partial charge in [-0.3, -0.25) is 4.79 Å². The summed E-state index contributed by atoms with van der Waals surface area (Å²) in [6.45, 7) is 10.7. The lowest BCUT2D eigenvalue weighted by Crippen LogP contribution is -2.47. The Balaban J connectivity index is 1.68. The van der Waals surface area contributed by atoms with Gasteiger partial charge in [-0.25, -0.2) is 0 Å². The minimum atomic E-state index is -0.0197. The lowest BCUT2D eigenvalue weighted by atomic mass is 10.1. The van der Waals surface area contributed by atoms with E-state index in [1.807, 2.05) is 11.8 Å². The van der Waals surface area contributed by atoms with Crippen LogP contribution >= 0.6 is 0 Å². The minimum Gasteiger partial charge on any atom is -0.341 e. The Morgan fingerprint density at radius 2 is 2.00 bits per heavy atom. The van der Waals surface area contributed by atoms with Crippen LogP contribution in [0.3, 0.4) is 0 Å². The highest BCUT2D eigenvalue weighted by Crippen LogP contribution is 2.15. The standard InChI is InChI=1S/C15H29N3O/c1-3-17-10-7-14(12-17)11-16-13(2)15(19)18-8-5-4-6-9-18/h13-14,16H,3-12H2,1-2H3. The highest BCUT2D eigenvalue weighted by molar-refractivity contribution is 5.81. The lowest BCUT2D eigenvalue weighted by Gasteiger charge is -2.30. The van der Waals surface area contributed by atoms with Crippen LogP contribution in [-0.2, 0) is 4.79 Å². The molecule has 19 heavy (non-hydrogen) atoms. The van der Waals surface area contributed by atoms with Crippen molar-refractivity contribution in [1.82, 2.24) is 15.1 Å². The van der Waals surface area contributed by atoms with E-state index >= 15 is 0 Å². The molecule has 2 atom stereocenters. The molecule has 2 rings (SSSR count). The van der Waals surface area contributed by atoms with Gasteiger partial charge in [-0.2, -0.15) is 0 Å². The second kappa shape index (κ2) is 7.25. The predicted octanol–water partition coefficient (Wildman–Crippen LogP) is 1.32. The number of hydrogen-bond acceptors (Lipinski definition) is 3. The fourth-order valence-electron chi connectivity index (χ4n) is 3.19. The maximum absolute atomic E-state index is 12.3. The van der Waals surface area contributed by atoms with E-state index in [2.05, 4.69) is 17.1 Å². The number of likely N-dealkylation sites (tertiary alicyclic amines) is 2. The normalized spacial score (nSPS) is 26.6. The van der Waals surface area contributed by atoms with E-state index in [4.69, 9.17) is 0 Å². The molecule has 0 spiro atoms. The summed E-state index contributed by atoms with van der Waals surface area (Å²) in [7, 11) is 0. The van der Waals surface area contributed by atoms with Crippen LogP contribution in [0.5, 0.6) is 0 Å². The summed E-state index contributed by atoms with van der Waals surface area (Å²) < 4.78 is 0.